The number of amides is 1. The number of carbonyl (C=O) groups excluding carboxylic acids is 1. The lowest BCUT2D eigenvalue weighted by atomic mass is 10.1. The number of nitro benzene ring substituents is 1. The van der Waals surface area contributed by atoms with Crippen LogP contribution in [0.25, 0.3) is 0 Å². The first-order valence-electron chi connectivity index (χ1n) is 6.64. The number of aryl methyl sites for hydroxylation is 1. The first kappa shape index (κ1) is 13.7. The average Bonchev–Trinajstić information content (AvgIpc) is 3.12. The van der Waals surface area contributed by atoms with Crippen LogP contribution in [0.5, 0.6) is 0 Å². The lowest BCUT2D eigenvalue weighted by molar-refractivity contribution is -0.384. The van der Waals surface area contributed by atoms with Crippen molar-refractivity contribution in [3.05, 3.63) is 50.0 Å². The van der Waals surface area contributed by atoms with Gasteiger partial charge in [-0.1, -0.05) is 13.0 Å². The van der Waals surface area contributed by atoms with Gasteiger partial charge in [-0.05, 0) is 18.4 Å². The normalized spacial score (nSPS) is 13.3. The fraction of sp³-hybridized carbons (Fsp3) is 0.286. The molecule has 0 radical (unpaired) electrons. The van der Waals surface area contributed by atoms with E-state index in [0.717, 1.165) is 23.4 Å². The summed E-state index contributed by atoms with van der Waals surface area (Å²) >= 11 is 1.38. The van der Waals surface area contributed by atoms with E-state index in [1.165, 1.54) is 23.5 Å². The second kappa shape index (κ2) is 5.25. The van der Waals surface area contributed by atoms with Crippen molar-refractivity contribution < 1.29 is 9.72 Å². The summed E-state index contributed by atoms with van der Waals surface area (Å²) in [5.74, 6) is -0.133. The minimum absolute atomic E-state index is 0.00648. The molecule has 0 spiro atoms. The van der Waals surface area contributed by atoms with Crippen molar-refractivity contribution in [1.29, 1.82) is 0 Å². The molecular formula is C14H13N3O3S. The van der Waals surface area contributed by atoms with Crippen molar-refractivity contribution in [3.63, 3.8) is 0 Å². The van der Waals surface area contributed by atoms with Crippen LogP contribution in [-0.2, 0) is 12.8 Å². The zero-order valence-electron chi connectivity index (χ0n) is 11.4. The minimum Gasteiger partial charge on any atom is -0.307 e. The van der Waals surface area contributed by atoms with Crippen molar-refractivity contribution >= 4 is 28.6 Å². The molecule has 0 saturated carbocycles. The largest absolute Gasteiger partial charge is 0.307 e. The van der Waals surface area contributed by atoms with Crippen LogP contribution in [0.2, 0.25) is 0 Å². The molecule has 0 fully saturated rings. The van der Waals surface area contributed by atoms with Crippen LogP contribution in [0.3, 0.4) is 0 Å². The minimum atomic E-state index is -0.441. The lowest BCUT2D eigenvalue weighted by Crippen LogP contribution is -2.28. The predicted octanol–water partition coefficient (Wildman–Crippen LogP) is 2.82. The van der Waals surface area contributed by atoms with Crippen LogP contribution in [0.15, 0.2) is 24.4 Å². The molecule has 3 rings (SSSR count). The van der Waals surface area contributed by atoms with Gasteiger partial charge in [-0.2, -0.15) is 0 Å². The molecule has 6 nitrogen and oxygen atoms in total. The quantitative estimate of drug-likeness (QED) is 0.645. The molecule has 0 atom stereocenters. The molecule has 1 aliphatic heterocycles. The Labute approximate surface area is 125 Å². The van der Waals surface area contributed by atoms with E-state index in [1.54, 1.807) is 17.2 Å². The molecule has 1 aliphatic rings. The molecule has 1 aromatic carbocycles. The number of benzene rings is 1. The number of nitro groups is 1. The van der Waals surface area contributed by atoms with Crippen molar-refractivity contribution in [2.45, 2.75) is 19.8 Å². The average molecular weight is 303 g/mol. The summed E-state index contributed by atoms with van der Waals surface area (Å²) in [7, 11) is 0. The van der Waals surface area contributed by atoms with Gasteiger partial charge in [0.05, 0.1) is 21.8 Å². The standard InChI is InChI=1S/C14H13N3O3S/c1-2-13-15-8-12(21-13)14(18)16-6-5-9-3-4-10(17(19)20)7-11(9)16/h3-4,7-8H,2,5-6H2,1H3. The highest BCUT2D eigenvalue weighted by Gasteiger charge is 2.28. The molecule has 21 heavy (non-hydrogen) atoms. The molecule has 2 aromatic rings. The molecule has 2 heterocycles. The van der Waals surface area contributed by atoms with E-state index in [0.29, 0.717) is 17.1 Å². The number of anilines is 1. The number of non-ortho nitro benzene ring substituents is 1. The van der Waals surface area contributed by atoms with Crippen LogP contribution in [-0.4, -0.2) is 22.4 Å². The van der Waals surface area contributed by atoms with Gasteiger partial charge in [-0.25, -0.2) is 4.98 Å². The summed E-state index contributed by atoms with van der Waals surface area (Å²) in [6, 6.07) is 4.68. The van der Waals surface area contributed by atoms with E-state index in [4.69, 9.17) is 0 Å². The Morgan fingerprint density at radius 3 is 3.00 bits per heavy atom. The van der Waals surface area contributed by atoms with Gasteiger partial charge < -0.3 is 4.90 Å². The maximum Gasteiger partial charge on any atom is 0.271 e. The Hall–Kier alpha value is -2.28. The second-order valence-corrected chi connectivity index (χ2v) is 5.86. The van der Waals surface area contributed by atoms with E-state index >= 15 is 0 Å². The highest BCUT2D eigenvalue weighted by Crippen LogP contribution is 2.33. The van der Waals surface area contributed by atoms with Gasteiger partial charge in [-0.3, -0.25) is 14.9 Å². The van der Waals surface area contributed by atoms with Gasteiger partial charge in [-0.15, -0.1) is 11.3 Å². The molecule has 0 N–H and O–H groups in total. The van der Waals surface area contributed by atoms with Crippen LogP contribution in [0.1, 0.15) is 27.2 Å². The molecule has 1 aromatic heterocycles. The summed E-state index contributed by atoms with van der Waals surface area (Å²) in [4.78, 5) is 29.4. The van der Waals surface area contributed by atoms with Gasteiger partial charge in [0.2, 0.25) is 0 Å². The van der Waals surface area contributed by atoms with Crippen LogP contribution >= 0.6 is 11.3 Å². The number of fused-ring (bicyclic) bond motifs is 1. The van der Waals surface area contributed by atoms with Crippen LogP contribution < -0.4 is 4.90 Å². The summed E-state index contributed by atoms with van der Waals surface area (Å²) in [6.07, 6.45) is 3.10. The molecule has 7 heteroatoms. The first-order valence-corrected chi connectivity index (χ1v) is 7.45. The van der Waals surface area contributed by atoms with E-state index < -0.39 is 4.92 Å². The maximum absolute atomic E-state index is 12.5. The van der Waals surface area contributed by atoms with Gasteiger partial charge in [0.1, 0.15) is 4.88 Å². The maximum atomic E-state index is 12.5. The predicted molar refractivity (Wildman–Crippen MR) is 80.0 cm³/mol. The number of nitrogens with zero attached hydrogens (tertiary/aromatic N) is 3. The molecule has 108 valence electrons. The smallest absolute Gasteiger partial charge is 0.271 e. The Morgan fingerprint density at radius 2 is 2.33 bits per heavy atom. The highest BCUT2D eigenvalue weighted by molar-refractivity contribution is 7.13. The van der Waals surface area contributed by atoms with E-state index in [-0.39, 0.29) is 11.6 Å². The number of carbonyl (C=O) groups is 1. The third-order valence-corrected chi connectivity index (χ3v) is 4.62. The Kier molecular flexibility index (Phi) is 3.42. The lowest BCUT2D eigenvalue weighted by Gasteiger charge is -2.15. The summed E-state index contributed by atoms with van der Waals surface area (Å²) in [6.45, 7) is 2.54. The molecular weight excluding hydrogens is 290 g/mol. The van der Waals surface area contributed by atoms with Crippen LogP contribution in [0.4, 0.5) is 11.4 Å². The zero-order valence-corrected chi connectivity index (χ0v) is 12.2. The number of thiazole rings is 1. The zero-order chi connectivity index (χ0) is 15.0. The number of hydrogen-bond acceptors (Lipinski definition) is 5. The fourth-order valence-corrected chi connectivity index (χ4v) is 3.20. The number of hydrogen-bond donors (Lipinski definition) is 0. The van der Waals surface area contributed by atoms with Crippen molar-refractivity contribution in [3.8, 4) is 0 Å². The van der Waals surface area contributed by atoms with Crippen molar-refractivity contribution in [2.75, 3.05) is 11.4 Å². The van der Waals surface area contributed by atoms with Crippen molar-refractivity contribution in [2.24, 2.45) is 0 Å². The summed E-state index contributed by atoms with van der Waals surface area (Å²) in [5.41, 5.74) is 1.61. The van der Waals surface area contributed by atoms with Gasteiger partial charge in [0, 0.05) is 18.7 Å². The van der Waals surface area contributed by atoms with E-state index in [1.807, 2.05) is 6.92 Å². The Balaban J connectivity index is 1.94. The number of rotatable bonds is 3. The third kappa shape index (κ3) is 2.40. The molecule has 0 saturated heterocycles. The molecule has 1 amide bonds. The Morgan fingerprint density at radius 1 is 1.52 bits per heavy atom. The fourth-order valence-electron chi connectivity index (χ4n) is 2.40. The van der Waals surface area contributed by atoms with Gasteiger partial charge >= 0.3 is 0 Å². The summed E-state index contributed by atoms with van der Waals surface area (Å²) in [5, 5.41) is 11.8. The van der Waals surface area contributed by atoms with E-state index in [2.05, 4.69) is 4.98 Å². The highest BCUT2D eigenvalue weighted by atomic mass is 32.1. The van der Waals surface area contributed by atoms with Crippen molar-refractivity contribution in [1.82, 2.24) is 4.98 Å². The van der Waals surface area contributed by atoms with E-state index in [9.17, 15) is 14.9 Å². The second-order valence-electron chi connectivity index (χ2n) is 4.75. The first-order chi connectivity index (χ1) is 10.1. The number of aromatic nitrogens is 1. The molecule has 0 aliphatic carbocycles. The topological polar surface area (TPSA) is 76.3 Å². The monoisotopic (exact) mass is 303 g/mol. The Bertz CT molecular complexity index is 726. The molecule has 0 unspecified atom stereocenters. The summed E-state index contributed by atoms with van der Waals surface area (Å²) < 4.78 is 0. The third-order valence-electron chi connectivity index (χ3n) is 3.49. The van der Waals surface area contributed by atoms with Gasteiger partial charge in [0.25, 0.3) is 11.6 Å². The molecule has 0 bridgehead atoms. The van der Waals surface area contributed by atoms with Crippen LogP contribution in [0, 0.1) is 10.1 Å². The van der Waals surface area contributed by atoms with Gasteiger partial charge in [0.15, 0.2) is 0 Å². The SMILES string of the molecule is CCc1ncc(C(=O)N2CCc3ccc([N+](=O)[O-])cc32)s1.